The Morgan fingerprint density at radius 3 is 2.86 bits per heavy atom. The number of nitrogen functional groups attached to an aromatic ring is 1. The summed E-state index contributed by atoms with van der Waals surface area (Å²) in [6, 6.07) is 10.4. The molecule has 1 aromatic carbocycles. The highest BCUT2D eigenvalue weighted by atomic mass is 32.1. The highest BCUT2D eigenvalue weighted by molar-refractivity contribution is 7.80. The van der Waals surface area contributed by atoms with Gasteiger partial charge in [-0.25, -0.2) is 0 Å². The average Bonchev–Trinajstić information content (AvgIpc) is 2.83. The Hall–Kier alpha value is -1.85. The van der Waals surface area contributed by atoms with E-state index in [9.17, 15) is 0 Å². The Bertz CT molecular complexity index is 667. The lowest BCUT2D eigenvalue weighted by molar-refractivity contribution is 0.222. The third kappa shape index (κ3) is 3.00. The van der Waals surface area contributed by atoms with Crippen molar-refractivity contribution >= 4 is 23.2 Å². The second-order valence-corrected chi connectivity index (χ2v) is 5.78. The van der Waals surface area contributed by atoms with E-state index in [2.05, 4.69) is 29.2 Å². The summed E-state index contributed by atoms with van der Waals surface area (Å²) in [5.41, 5.74) is 9.19. The zero-order valence-electron chi connectivity index (χ0n) is 12.7. The van der Waals surface area contributed by atoms with Gasteiger partial charge in [0.1, 0.15) is 5.76 Å². The quantitative estimate of drug-likeness (QED) is 0.878. The number of nitrogens with zero attached hydrogens (tertiary/aromatic N) is 1. The molecule has 3 rings (SSSR count). The Kier molecular flexibility index (Phi) is 4.45. The van der Waals surface area contributed by atoms with Crippen LogP contribution in [-0.4, -0.2) is 23.1 Å². The van der Waals surface area contributed by atoms with Gasteiger partial charge in [0.2, 0.25) is 5.88 Å². The lowest BCUT2D eigenvalue weighted by Gasteiger charge is -2.26. The second kappa shape index (κ2) is 6.50. The van der Waals surface area contributed by atoms with Crippen molar-refractivity contribution in [3.8, 4) is 0 Å². The van der Waals surface area contributed by atoms with Crippen LogP contribution < -0.4 is 5.73 Å². The molecule has 22 heavy (non-hydrogen) atoms. The number of hydrogen-bond donors (Lipinski definition) is 1. The Labute approximate surface area is 135 Å². The van der Waals surface area contributed by atoms with E-state index in [1.807, 2.05) is 13.0 Å². The maximum absolute atomic E-state index is 6.00. The minimum atomic E-state index is 0.380. The second-order valence-electron chi connectivity index (χ2n) is 5.41. The van der Waals surface area contributed by atoms with E-state index in [-0.39, 0.29) is 0 Å². The van der Waals surface area contributed by atoms with Gasteiger partial charge in [-0.2, -0.15) is 0 Å². The summed E-state index contributed by atoms with van der Waals surface area (Å²) in [5.74, 6) is 1.29. The van der Waals surface area contributed by atoms with E-state index in [0.717, 1.165) is 42.9 Å². The minimum Gasteiger partial charge on any atom is -0.483 e. The van der Waals surface area contributed by atoms with Crippen LogP contribution in [0.1, 0.15) is 29.4 Å². The van der Waals surface area contributed by atoms with E-state index >= 15 is 0 Å². The monoisotopic (exact) mass is 316 g/mol. The first-order valence-electron chi connectivity index (χ1n) is 7.52. The number of furan rings is 1. The fourth-order valence-corrected chi connectivity index (χ4v) is 3.22. The highest BCUT2D eigenvalue weighted by Crippen LogP contribution is 2.31. The third-order valence-corrected chi connectivity index (χ3v) is 4.21. The minimum absolute atomic E-state index is 0.380. The zero-order chi connectivity index (χ0) is 15.5. The number of hydrogen-bond acceptors (Lipinski definition) is 5. The van der Waals surface area contributed by atoms with Crippen molar-refractivity contribution in [2.75, 3.05) is 18.9 Å². The van der Waals surface area contributed by atoms with E-state index in [4.69, 9.17) is 27.1 Å². The Morgan fingerprint density at radius 1 is 1.36 bits per heavy atom. The topological polar surface area (TPSA) is 51.6 Å². The first-order chi connectivity index (χ1) is 10.7. The van der Waals surface area contributed by atoms with Gasteiger partial charge < -0.3 is 14.9 Å². The summed E-state index contributed by atoms with van der Waals surface area (Å²) in [6.07, 6.45) is 0.880. The standard InChI is InChI=1S/C17H20N2O2S/c1-2-20-17(22)15-13-8-9-19(11-14(13)21-16(15)18)10-12-6-4-3-5-7-12/h3-7H,2,8-11,18H2,1H3. The molecular weight excluding hydrogens is 296 g/mol. The predicted octanol–water partition coefficient (Wildman–Crippen LogP) is 3.13. The molecule has 0 saturated heterocycles. The first kappa shape index (κ1) is 15.1. The molecule has 2 aromatic rings. The van der Waals surface area contributed by atoms with Gasteiger partial charge in [-0.3, -0.25) is 4.90 Å². The van der Waals surface area contributed by atoms with Crippen LogP contribution in [0.2, 0.25) is 0 Å². The van der Waals surface area contributed by atoms with Gasteiger partial charge in [0.25, 0.3) is 0 Å². The van der Waals surface area contributed by atoms with Crippen LogP contribution in [0.3, 0.4) is 0 Å². The van der Waals surface area contributed by atoms with Crippen molar-refractivity contribution in [1.29, 1.82) is 0 Å². The normalized spacial score (nSPS) is 14.6. The van der Waals surface area contributed by atoms with Crippen LogP contribution in [-0.2, 0) is 24.2 Å². The van der Waals surface area contributed by atoms with Gasteiger partial charge in [0.15, 0.2) is 5.05 Å². The summed E-state index contributed by atoms with van der Waals surface area (Å²) in [4.78, 5) is 2.36. The van der Waals surface area contributed by atoms with Crippen molar-refractivity contribution < 1.29 is 9.15 Å². The van der Waals surface area contributed by atoms with E-state index in [1.54, 1.807) is 0 Å². The third-order valence-electron chi connectivity index (χ3n) is 3.89. The average molecular weight is 316 g/mol. The summed E-state index contributed by atoms with van der Waals surface area (Å²) in [5, 5.41) is 0.446. The van der Waals surface area contributed by atoms with Crippen molar-refractivity contribution in [1.82, 2.24) is 4.90 Å². The molecule has 5 heteroatoms. The van der Waals surface area contributed by atoms with E-state index < -0.39 is 0 Å². The van der Waals surface area contributed by atoms with Gasteiger partial charge in [0.05, 0.1) is 18.7 Å². The van der Waals surface area contributed by atoms with Crippen LogP contribution in [0, 0.1) is 0 Å². The van der Waals surface area contributed by atoms with Crippen molar-refractivity contribution in [3.63, 3.8) is 0 Å². The number of rotatable bonds is 4. The van der Waals surface area contributed by atoms with Crippen LogP contribution in [0.5, 0.6) is 0 Å². The van der Waals surface area contributed by atoms with Crippen LogP contribution in [0.15, 0.2) is 34.7 Å². The molecular formula is C17H20N2O2S. The number of benzene rings is 1. The fraction of sp³-hybridized carbons (Fsp3) is 0.353. The molecule has 0 spiro atoms. The van der Waals surface area contributed by atoms with E-state index in [0.29, 0.717) is 17.5 Å². The molecule has 2 N–H and O–H groups in total. The van der Waals surface area contributed by atoms with Gasteiger partial charge in [-0.15, -0.1) is 0 Å². The lowest BCUT2D eigenvalue weighted by atomic mass is 10.0. The number of nitrogens with two attached hydrogens (primary N) is 1. The molecule has 2 heterocycles. The van der Waals surface area contributed by atoms with Crippen LogP contribution >= 0.6 is 12.2 Å². The number of anilines is 1. The number of ether oxygens (including phenoxy) is 1. The lowest BCUT2D eigenvalue weighted by Crippen LogP contribution is -2.30. The fourth-order valence-electron chi connectivity index (χ4n) is 2.88. The molecule has 0 bridgehead atoms. The van der Waals surface area contributed by atoms with Crippen molar-refractivity contribution in [2.24, 2.45) is 0 Å². The summed E-state index contributed by atoms with van der Waals surface area (Å²) in [6.45, 7) is 5.08. The Morgan fingerprint density at radius 2 is 2.14 bits per heavy atom. The molecule has 0 unspecified atom stereocenters. The summed E-state index contributed by atoms with van der Waals surface area (Å²) in [7, 11) is 0. The van der Waals surface area contributed by atoms with Gasteiger partial charge in [-0.1, -0.05) is 30.3 Å². The van der Waals surface area contributed by atoms with Crippen LogP contribution in [0.4, 0.5) is 5.88 Å². The Balaban J connectivity index is 1.77. The molecule has 0 atom stereocenters. The molecule has 0 aliphatic carbocycles. The number of thiocarbonyl (C=S) groups is 1. The van der Waals surface area contributed by atoms with Gasteiger partial charge in [0, 0.05) is 18.7 Å². The zero-order valence-corrected chi connectivity index (χ0v) is 13.5. The number of fused-ring (bicyclic) bond motifs is 1. The van der Waals surface area contributed by atoms with Crippen LogP contribution in [0.25, 0.3) is 0 Å². The van der Waals surface area contributed by atoms with Gasteiger partial charge in [-0.05, 0) is 31.1 Å². The molecule has 0 saturated carbocycles. The maximum atomic E-state index is 6.00. The smallest absolute Gasteiger partial charge is 0.202 e. The molecule has 0 fully saturated rings. The van der Waals surface area contributed by atoms with Gasteiger partial charge >= 0.3 is 0 Å². The predicted molar refractivity (Wildman–Crippen MR) is 90.7 cm³/mol. The van der Waals surface area contributed by atoms with E-state index in [1.165, 1.54) is 5.56 Å². The molecule has 4 nitrogen and oxygen atoms in total. The van der Waals surface area contributed by atoms with Crippen molar-refractivity contribution in [2.45, 2.75) is 26.4 Å². The molecule has 116 valence electrons. The SMILES string of the molecule is CCOC(=S)c1c(N)oc2c1CCN(Cc1ccccc1)C2. The highest BCUT2D eigenvalue weighted by Gasteiger charge is 2.27. The maximum Gasteiger partial charge on any atom is 0.202 e. The molecule has 0 radical (unpaired) electrons. The molecule has 0 amide bonds. The largest absolute Gasteiger partial charge is 0.483 e. The summed E-state index contributed by atoms with van der Waals surface area (Å²) >= 11 is 5.30. The summed E-state index contributed by atoms with van der Waals surface area (Å²) < 4.78 is 11.2. The molecule has 1 aliphatic heterocycles. The molecule has 1 aliphatic rings. The first-order valence-corrected chi connectivity index (χ1v) is 7.93. The molecule has 1 aromatic heterocycles. The van der Waals surface area contributed by atoms with Crippen molar-refractivity contribution in [3.05, 3.63) is 52.8 Å².